The van der Waals surface area contributed by atoms with E-state index in [2.05, 4.69) is 4.98 Å². The molecule has 0 N–H and O–H groups in total. The second-order valence-electron chi connectivity index (χ2n) is 4.36. The molecule has 1 heterocycles. The molecular weight excluding hydrogens is 234 g/mol. The van der Waals surface area contributed by atoms with Gasteiger partial charge in [0.25, 0.3) is 5.56 Å². The molecule has 1 aliphatic carbocycles. The second-order valence-corrected chi connectivity index (χ2v) is 4.36. The van der Waals surface area contributed by atoms with Crippen LogP contribution >= 0.6 is 0 Å². The average molecular weight is 251 g/mol. The third-order valence-corrected chi connectivity index (χ3v) is 2.82. The summed E-state index contributed by atoms with van der Waals surface area (Å²) in [4.78, 5) is 29.1. The van der Waals surface area contributed by atoms with E-state index in [4.69, 9.17) is 4.74 Å². The summed E-state index contributed by atoms with van der Waals surface area (Å²) in [6, 6.07) is 0.301. The Kier molecular flexibility index (Phi) is 3.64. The number of likely N-dealkylation sites (N-methyl/N-ethyl adjacent to an activating group) is 1. The van der Waals surface area contributed by atoms with Crippen molar-refractivity contribution in [3.8, 4) is 0 Å². The molecule has 0 aromatic carbocycles. The second kappa shape index (κ2) is 5.20. The standard InChI is InChI=1S/C12H17N3O3/c1-3-18-10(16)8-14(2)11-12(17)15(7-6-13-11)9-4-5-9/h6-7,9H,3-5,8H2,1-2H3. The van der Waals surface area contributed by atoms with Gasteiger partial charge in [0, 0.05) is 25.5 Å². The van der Waals surface area contributed by atoms with Crippen molar-refractivity contribution >= 4 is 11.8 Å². The Labute approximate surface area is 105 Å². The molecule has 0 bridgehead atoms. The summed E-state index contributed by atoms with van der Waals surface area (Å²) in [6.45, 7) is 2.12. The molecule has 0 radical (unpaired) electrons. The Morgan fingerprint density at radius 3 is 2.94 bits per heavy atom. The average Bonchev–Trinajstić information content (AvgIpc) is 3.13. The van der Waals surface area contributed by atoms with E-state index in [9.17, 15) is 9.59 Å². The fourth-order valence-electron chi connectivity index (χ4n) is 1.79. The van der Waals surface area contributed by atoms with Crippen molar-refractivity contribution in [1.29, 1.82) is 0 Å². The topological polar surface area (TPSA) is 64.4 Å². The molecule has 0 saturated heterocycles. The number of hydrogen-bond donors (Lipinski definition) is 0. The van der Waals surface area contributed by atoms with E-state index in [1.807, 2.05) is 0 Å². The van der Waals surface area contributed by atoms with Gasteiger partial charge in [-0.25, -0.2) is 4.98 Å². The summed E-state index contributed by atoms with van der Waals surface area (Å²) in [5, 5.41) is 0. The van der Waals surface area contributed by atoms with Gasteiger partial charge in [-0.15, -0.1) is 0 Å². The molecule has 0 aliphatic heterocycles. The van der Waals surface area contributed by atoms with E-state index >= 15 is 0 Å². The molecule has 1 fully saturated rings. The Morgan fingerprint density at radius 1 is 1.61 bits per heavy atom. The molecule has 0 unspecified atom stereocenters. The lowest BCUT2D eigenvalue weighted by molar-refractivity contribution is -0.141. The highest BCUT2D eigenvalue weighted by molar-refractivity contribution is 5.75. The van der Waals surface area contributed by atoms with Crippen LogP contribution in [-0.2, 0) is 9.53 Å². The molecule has 2 rings (SSSR count). The zero-order valence-corrected chi connectivity index (χ0v) is 10.6. The summed E-state index contributed by atoms with van der Waals surface area (Å²) < 4.78 is 6.53. The van der Waals surface area contributed by atoms with E-state index < -0.39 is 0 Å². The van der Waals surface area contributed by atoms with Gasteiger partial charge in [0.15, 0.2) is 5.82 Å². The monoisotopic (exact) mass is 251 g/mol. The van der Waals surface area contributed by atoms with E-state index in [0.717, 1.165) is 12.8 Å². The molecule has 1 aromatic heterocycles. The maximum Gasteiger partial charge on any atom is 0.325 e. The Balaban J connectivity index is 2.14. The fourth-order valence-corrected chi connectivity index (χ4v) is 1.79. The minimum atomic E-state index is -0.358. The predicted molar refractivity (Wildman–Crippen MR) is 66.7 cm³/mol. The Bertz CT molecular complexity index is 494. The molecular formula is C12H17N3O3. The zero-order chi connectivity index (χ0) is 13.1. The van der Waals surface area contributed by atoms with Crippen LogP contribution in [0.2, 0.25) is 0 Å². The van der Waals surface area contributed by atoms with Crippen LogP contribution in [0.3, 0.4) is 0 Å². The lowest BCUT2D eigenvalue weighted by Crippen LogP contribution is -2.34. The van der Waals surface area contributed by atoms with Crippen LogP contribution in [0.4, 0.5) is 5.82 Å². The number of nitrogens with zero attached hydrogens (tertiary/aromatic N) is 3. The van der Waals surface area contributed by atoms with Gasteiger partial charge in [-0.1, -0.05) is 0 Å². The molecule has 1 aliphatic rings. The first kappa shape index (κ1) is 12.6. The zero-order valence-electron chi connectivity index (χ0n) is 10.6. The highest BCUT2D eigenvalue weighted by Crippen LogP contribution is 2.33. The molecule has 0 atom stereocenters. The molecule has 0 spiro atoms. The van der Waals surface area contributed by atoms with Crippen molar-refractivity contribution < 1.29 is 9.53 Å². The number of esters is 1. The van der Waals surface area contributed by atoms with Crippen molar-refractivity contribution in [1.82, 2.24) is 9.55 Å². The van der Waals surface area contributed by atoms with Gasteiger partial charge in [-0.05, 0) is 19.8 Å². The van der Waals surface area contributed by atoms with Crippen molar-refractivity contribution in [3.63, 3.8) is 0 Å². The quantitative estimate of drug-likeness (QED) is 0.716. The van der Waals surface area contributed by atoms with E-state index in [1.54, 1.807) is 30.9 Å². The third-order valence-electron chi connectivity index (χ3n) is 2.82. The van der Waals surface area contributed by atoms with Crippen LogP contribution in [-0.4, -0.2) is 35.7 Å². The highest BCUT2D eigenvalue weighted by Gasteiger charge is 2.26. The third kappa shape index (κ3) is 2.69. The van der Waals surface area contributed by atoms with Crippen LogP contribution in [0, 0.1) is 0 Å². The van der Waals surface area contributed by atoms with Gasteiger partial charge < -0.3 is 14.2 Å². The summed E-state index contributed by atoms with van der Waals surface area (Å²) in [7, 11) is 1.66. The van der Waals surface area contributed by atoms with Gasteiger partial charge in [0.05, 0.1) is 6.61 Å². The lowest BCUT2D eigenvalue weighted by Gasteiger charge is -2.17. The van der Waals surface area contributed by atoms with E-state index in [-0.39, 0.29) is 23.9 Å². The van der Waals surface area contributed by atoms with Gasteiger partial charge >= 0.3 is 5.97 Å². The van der Waals surface area contributed by atoms with Crippen LogP contribution in [0.5, 0.6) is 0 Å². The van der Waals surface area contributed by atoms with Gasteiger partial charge in [0.2, 0.25) is 0 Å². The van der Waals surface area contributed by atoms with Crippen molar-refractivity contribution in [3.05, 3.63) is 22.7 Å². The number of anilines is 1. The van der Waals surface area contributed by atoms with Crippen LogP contribution in [0.25, 0.3) is 0 Å². The Morgan fingerprint density at radius 2 is 2.33 bits per heavy atom. The largest absolute Gasteiger partial charge is 0.465 e. The van der Waals surface area contributed by atoms with Gasteiger partial charge in [-0.2, -0.15) is 0 Å². The molecule has 18 heavy (non-hydrogen) atoms. The first-order valence-corrected chi connectivity index (χ1v) is 6.07. The number of ether oxygens (including phenoxy) is 1. The van der Waals surface area contributed by atoms with Crippen LogP contribution < -0.4 is 10.5 Å². The summed E-state index contributed by atoms with van der Waals surface area (Å²) >= 11 is 0. The molecule has 6 nitrogen and oxygen atoms in total. The smallest absolute Gasteiger partial charge is 0.325 e. The van der Waals surface area contributed by atoms with Crippen molar-refractivity contribution in [2.45, 2.75) is 25.8 Å². The van der Waals surface area contributed by atoms with E-state index in [0.29, 0.717) is 12.6 Å². The van der Waals surface area contributed by atoms with Gasteiger partial charge in [0.1, 0.15) is 6.54 Å². The fraction of sp³-hybridized carbons (Fsp3) is 0.583. The number of rotatable bonds is 5. The molecule has 6 heteroatoms. The predicted octanol–water partition coefficient (Wildman–Crippen LogP) is 0.577. The number of aromatic nitrogens is 2. The number of carbonyl (C=O) groups excluding carboxylic acids is 1. The summed E-state index contributed by atoms with van der Waals surface area (Å²) in [6.07, 6.45) is 5.36. The first-order valence-electron chi connectivity index (χ1n) is 6.07. The normalized spacial score (nSPS) is 14.3. The molecule has 1 aromatic rings. The molecule has 98 valence electrons. The molecule has 1 saturated carbocycles. The summed E-state index contributed by atoms with van der Waals surface area (Å²) in [5.74, 6) is -0.0690. The lowest BCUT2D eigenvalue weighted by atomic mass is 10.5. The maximum absolute atomic E-state index is 12.1. The van der Waals surface area contributed by atoms with Crippen LogP contribution in [0.15, 0.2) is 17.2 Å². The number of hydrogen-bond acceptors (Lipinski definition) is 5. The number of carbonyl (C=O) groups is 1. The minimum absolute atomic E-state index is 0.0325. The van der Waals surface area contributed by atoms with E-state index in [1.165, 1.54) is 4.90 Å². The minimum Gasteiger partial charge on any atom is -0.465 e. The Hall–Kier alpha value is -1.85. The highest BCUT2D eigenvalue weighted by atomic mass is 16.5. The van der Waals surface area contributed by atoms with Crippen molar-refractivity contribution in [2.24, 2.45) is 0 Å². The first-order chi connectivity index (χ1) is 8.63. The van der Waals surface area contributed by atoms with Gasteiger partial charge in [-0.3, -0.25) is 9.59 Å². The van der Waals surface area contributed by atoms with Crippen LogP contribution in [0.1, 0.15) is 25.8 Å². The maximum atomic E-state index is 12.1. The van der Waals surface area contributed by atoms with Crippen molar-refractivity contribution in [2.75, 3.05) is 25.1 Å². The summed E-state index contributed by atoms with van der Waals surface area (Å²) in [5.41, 5.74) is -0.146. The molecule has 0 amide bonds. The SMILES string of the molecule is CCOC(=O)CN(C)c1nccn(C2CC2)c1=O.